The first-order valence-electron chi connectivity index (χ1n) is 7.51. The first-order valence-corrected chi connectivity index (χ1v) is 7.51. The Morgan fingerprint density at radius 2 is 1.95 bits per heavy atom. The zero-order valence-electron chi connectivity index (χ0n) is 13.3. The van der Waals surface area contributed by atoms with Crippen molar-refractivity contribution in [1.29, 1.82) is 0 Å². The zero-order valence-corrected chi connectivity index (χ0v) is 13.3. The number of rotatable bonds is 4. The molecule has 120 valence electrons. The predicted octanol–water partition coefficient (Wildman–Crippen LogP) is 2.99. The van der Waals surface area contributed by atoms with Crippen LogP contribution in [0.3, 0.4) is 0 Å². The fraction of sp³-hybridized carbons (Fsp3) is 0.529. The lowest BCUT2D eigenvalue weighted by molar-refractivity contribution is -0.153. The van der Waals surface area contributed by atoms with Gasteiger partial charge in [0.05, 0.1) is 0 Å². The highest BCUT2D eigenvalue weighted by Crippen LogP contribution is 2.41. The summed E-state index contributed by atoms with van der Waals surface area (Å²) in [5.41, 5.74) is -0.801. The van der Waals surface area contributed by atoms with E-state index >= 15 is 0 Å². The predicted molar refractivity (Wildman–Crippen MR) is 82.6 cm³/mol. The first kappa shape index (κ1) is 16.3. The van der Waals surface area contributed by atoms with E-state index in [1.807, 2.05) is 30.3 Å². The van der Waals surface area contributed by atoms with Gasteiger partial charge in [-0.3, -0.25) is 0 Å². The summed E-state index contributed by atoms with van der Waals surface area (Å²) in [7, 11) is 0. The normalized spacial score (nSPS) is 24.2. The summed E-state index contributed by atoms with van der Waals surface area (Å²) >= 11 is 0. The summed E-state index contributed by atoms with van der Waals surface area (Å²) in [6, 6.07) is 9.72. The average Bonchev–Trinajstić information content (AvgIpc) is 2.40. The van der Waals surface area contributed by atoms with Gasteiger partial charge in [0.25, 0.3) is 0 Å². The van der Waals surface area contributed by atoms with Crippen LogP contribution in [0, 0.1) is 5.92 Å². The van der Waals surface area contributed by atoms with Crippen molar-refractivity contribution in [3.63, 3.8) is 0 Å². The first-order chi connectivity index (χ1) is 10.2. The standard InChI is InChI=1S/C17H23NO4/c1-16(2,3)22-15(21)18-17(14(19)20)10-9-13(17)11-12-7-5-4-6-8-12/h4-8,13H,9-11H2,1-3H3,(H,18,21)(H,19,20)/t13-,17-/m1/s1. The van der Waals surface area contributed by atoms with Crippen molar-refractivity contribution in [2.45, 2.75) is 51.2 Å². The van der Waals surface area contributed by atoms with Gasteiger partial charge in [0.1, 0.15) is 11.1 Å². The number of benzene rings is 1. The Hall–Kier alpha value is -2.04. The third-order valence-electron chi connectivity index (χ3n) is 4.01. The molecule has 1 saturated carbocycles. The maximum atomic E-state index is 12.0. The van der Waals surface area contributed by atoms with Crippen LogP contribution in [0.15, 0.2) is 30.3 Å². The van der Waals surface area contributed by atoms with E-state index in [0.717, 1.165) is 12.0 Å². The van der Waals surface area contributed by atoms with Crippen LogP contribution in [0.5, 0.6) is 0 Å². The molecule has 0 bridgehead atoms. The molecule has 0 unspecified atom stereocenters. The summed E-state index contributed by atoms with van der Waals surface area (Å²) in [6.07, 6.45) is 1.16. The molecule has 5 heteroatoms. The van der Waals surface area contributed by atoms with Crippen LogP contribution in [-0.4, -0.2) is 28.3 Å². The van der Waals surface area contributed by atoms with Crippen molar-refractivity contribution >= 4 is 12.1 Å². The zero-order chi connectivity index (χ0) is 16.4. The summed E-state index contributed by atoms with van der Waals surface area (Å²) < 4.78 is 5.20. The van der Waals surface area contributed by atoms with Gasteiger partial charge in [-0.2, -0.15) is 0 Å². The quantitative estimate of drug-likeness (QED) is 0.896. The Kier molecular flexibility index (Phi) is 4.44. The minimum absolute atomic E-state index is 0.125. The molecule has 0 aliphatic heterocycles. The van der Waals surface area contributed by atoms with E-state index < -0.39 is 23.2 Å². The molecular weight excluding hydrogens is 282 g/mol. The summed E-state index contributed by atoms with van der Waals surface area (Å²) in [5.74, 6) is -1.12. The number of carboxylic acid groups (broad SMARTS) is 1. The molecule has 0 radical (unpaired) electrons. The Bertz CT molecular complexity index is 550. The SMILES string of the molecule is CC(C)(C)OC(=O)N[C@]1(C(=O)O)CC[C@@H]1Cc1ccccc1. The van der Waals surface area contributed by atoms with Crippen LogP contribution in [-0.2, 0) is 16.0 Å². The Balaban J connectivity index is 2.09. The van der Waals surface area contributed by atoms with Gasteiger partial charge in [0.2, 0.25) is 0 Å². The lowest BCUT2D eigenvalue weighted by Gasteiger charge is -2.46. The molecule has 0 spiro atoms. The molecule has 22 heavy (non-hydrogen) atoms. The molecule has 1 aromatic carbocycles. The highest BCUT2D eigenvalue weighted by Gasteiger charge is 2.54. The maximum absolute atomic E-state index is 12.0. The Morgan fingerprint density at radius 1 is 1.32 bits per heavy atom. The van der Waals surface area contributed by atoms with Crippen LogP contribution < -0.4 is 5.32 Å². The number of carbonyl (C=O) groups excluding carboxylic acids is 1. The van der Waals surface area contributed by atoms with E-state index in [9.17, 15) is 14.7 Å². The van der Waals surface area contributed by atoms with E-state index in [1.165, 1.54) is 0 Å². The van der Waals surface area contributed by atoms with Gasteiger partial charge in [-0.05, 0) is 51.5 Å². The molecule has 0 aromatic heterocycles. The van der Waals surface area contributed by atoms with Gasteiger partial charge < -0.3 is 15.2 Å². The number of nitrogens with one attached hydrogen (secondary N) is 1. The molecule has 2 rings (SSSR count). The molecule has 1 aliphatic carbocycles. The minimum atomic E-state index is -1.22. The number of alkyl carbamates (subject to hydrolysis) is 1. The highest BCUT2D eigenvalue weighted by molar-refractivity contribution is 5.86. The Labute approximate surface area is 130 Å². The molecular formula is C17H23NO4. The third-order valence-corrected chi connectivity index (χ3v) is 4.01. The molecule has 2 N–H and O–H groups in total. The summed E-state index contributed by atoms with van der Waals surface area (Å²) in [5, 5.41) is 12.2. The fourth-order valence-electron chi connectivity index (χ4n) is 2.80. The van der Waals surface area contributed by atoms with Gasteiger partial charge >= 0.3 is 12.1 Å². The molecule has 1 amide bonds. The minimum Gasteiger partial charge on any atom is -0.479 e. The molecule has 1 aliphatic rings. The van der Waals surface area contributed by atoms with Crippen molar-refractivity contribution in [1.82, 2.24) is 5.32 Å². The van der Waals surface area contributed by atoms with E-state index in [-0.39, 0.29) is 5.92 Å². The maximum Gasteiger partial charge on any atom is 0.408 e. The van der Waals surface area contributed by atoms with Gasteiger partial charge in [0.15, 0.2) is 0 Å². The number of carbonyl (C=O) groups is 2. The second kappa shape index (κ2) is 5.99. The molecule has 1 fully saturated rings. The highest BCUT2D eigenvalue weighted by atomic mass is 16.6. The summed E-state index contributed by atoms with van der Waals surface area (Å²) in [6.45, 7) is 5.26. The van der Waals surface area contributed by atoms with E-state index in [4.69, 9.17) is 4.74 Å². The fourth-order valence-corrected chi connectivity index (χ4v) is 2.80. The molecule has 5 nitrogen and oxygen atoms in total. The number of carboxylic acids is 1. The van der Waals surface area contributed by atoms with E-state index in [1.54, 1.807) is 20.8 Å². The lowest BCUT2D eigenvalue weighted by atomic mass is 9.64. The van der Waals surface area contributed by atoms with Gasteiger partial charge in [0, 0.05) is 0 Å². The molecule has 2 atom stereocenters. The number of amides is 1. The van der Waals surface area contributed by atoms with Crippen molar-refractivity contribution in [3.8, 4) is 0 Å². The van der Waals surface area contributed by atoms with Crippen LogP contribution in [0.4, 0.5) is 4.79 Å². The smallest absolute Gasteiger partial charge is 0.408 e. The van der Waals surface area contributed by atoms with Crippen molar-refractivity contribution in [2.75, 3.05) is 0 Å². The van der Waals surface area contributed by atoms with Crippen LogP contribution in [0.2, 0.25) is 0 Å². The largest absolute Gasteiger partial charge is 0.479 e. The van der Waals surface area contributed by atoms with Gasteiger partial charge in [-0.25, -0.2) is 9.59 Å². The number of hydrogen-bond acceptors (Lipinski definition) is 3. The monoisotopic (exact) mass is 305 g/mol. The summed E-state index contributed by atoms with van der Waals surface area (Å²) in [4.78, 5) is 23.7. The van der Waals surface area contributed by atoms with Crippen LogP contribution in [0.25, 0.3) is 0 Å². The van der Waals surface area contributed by atoms with Crippen LogP contribution >= 0.6 is 0 Å². The second-order valence-corrected chi connectivity index (χ2v) is 6.83. The molecule has 0 heterocycles. The number of ether oxygens (including phenoxy) is 1. The van der Waals surface area contributed by atoms with E-state index in [0.29, 0.717) is 12.8 Å². The molecule has 0 saturated heterocycles. The van der Waals surface area contributed by atoms with Gasteiger partial charge in [-0.1, -0.05) is 30.3 Å². The van der Waals surface area contributed by atoms with Crippen molar-refractivity contribution < 1.29 is 19.4 Å². The van der Waals surface area contributed by atoms with E-state index in [2.05, 4.69) is 5.32 Å². The number of aliphatic carboxylic acids is 1. The van der Waals surface area contributed by atoms with Crippen molar-refractivity contribution in [2.24, 2.45) is 5.92 Å². The lowest BCUT2D eigenvalue weighted by Crippen LogP contribution is -2.66. The second-order valence-electron chi connectivity index (χ2n) is 6.83. The Morgan fingerprint density at radius 3 is 2.41 bits per heavy atom. The van der Waals surface area contributed by atoms with Crippen molar-refractivity contribution in [3.05, 3.63) is 35.9 Å². The number of hydrogen-bond donors (Lipinski definition) is 2. The molecule has 1 aromatic rings. The third kappa shape index (κ3) is 3.59. The van der Waals surface area contributed by atoms with Gasteiger partial charge in [-0.15, -0.1) is 0 Å². The van der Waals surface area contributed by atoms with Crippen LogP contribution in [0.1, 0.15) is 39.2 Å². The topological polar surface area (TPSA) is 75.6 Å². The average molecular weight is 305 g/mol.